The predicted octanol–water partition coefficient (Wildman–Crippen LogP) is 1.54. The summed E-state index contributed by atoms with van der Waals surface area (Å²) in [6.07, 6.45) is 4.69. The van der Waals surface area contributed by atoms with Crippen molar-refractivity contribution in [2.24, 2.45) is 0 Å². The molecule has 2 aliphatic rings. The van der Waals surface area contributed by atoms with E-state index in [1.807, 2.05) is 4.90 Å². The molecule has 1 aromatic carbocycles. The van der Waals surface area contributed by atoms with Gasteiger partial charge in [-0.05, 0) is 37.5 Å². The quantitative estimate of drug-likeness (QED) is 0.753. The number of rotatable bonds is 5. The smallest absolute Gasteiger partial charge is 0.253 e. The van der Waals surface area contributed by atoms with Gasteiger partial charge in [0, 0.05) is 37.3 Å². The highest BCUT2D eigenvalue weighted by molar-refractivity contribution is 7.89. The second-order valence-corrected chi connectivity index (χ2v) is 8.11. The fourth-order valence-electron chi connectivity index (χ4n) is 3.36. The molecule has 3 rings (SSSR count). The molecule has 2 atom stereocenters. The fraction of sp³-hybridized carbons (Fsp3) is 0.471. The van der Waals surface area contributed by atoms with E-state index < -0.39 is 10.0 Å². The normalized spacial score (nSPS) is 22.8. The lowest BCUT2D eigenvalue weighted by molar-refractivity contribution is 0.0748. The highest BCUT2D eigenvalue weighted by Gasteiger charge is 2.31. The van der Waals surface area contributed by atoms with Gasteiger partial charge in [0.15, 0.2) is 0 Å². The highest BCUT2D eigenvalue weighted by Crippen LogP contribution is 2.22. The zero-order valence-corrected chi connectivity index (χ0v) is 15.6. The van der Waals surface area contributed by atoms with Gasteiger partial charge in [-0.25, -0.2) is 13.1 Å². The summed E-state index contributed by atoms with van der Waals surface area (Å²) < 4.78 is 26.8. The number of hydrogen-bond acceptors (Lipinski definition) is 4. The lowest BCUT2D eigenvalue weighted by Gasteiger charge is -2.24. The molecule has 138 valence electrons. The van der Waals surface area contributed by atoms with Crippen molar-refractivity contribution in [2.75, 3.05) is 19.6 Å². The Bertz CT molecular complexity index is 738. The molecule has 0 spiro atoms. The summed E-state index contributed by atoms with van der Waals surface area (Å²) in [5.74, 6) is -0.106. The third kappa shape index (κ3) is 4.61. The van der Waals surface area contributed by atoms with Crippen molar-refractivity contribution < 1.29 is 13.2 Å². The van der Waals surface area contributed by atoms with Crippen molar-refractivity contribution in [3.63, 3.8) is 0 Å². The Morgan fingerprint density at radius 3 is 2.84 bits per heavy atom. The van der Waals surface area contributed by atoms with Gasteiger partial charge in [-0.3, -0.25) is 4.79 Å². The molecule has 0 radical (unpaired) electrons. The number of halogens is 1. The Labute approximate surface area is 155 Å². The Hall–Kier alpha value is -1.41. The van der Waals surface area contributed by atoms with Crippen molar-refractivity contribution in [1.82, 2.24) is 14.9 Å². The molecule has 1 aromatic rings. The van der Waals surface area contributed by atoms with Crippen LogP contribution < -0.4 is 10.0 Å². The maximum Gasteiger partial charge on any atom is 0.253 e. The van der Waals surface area contributed by atoms with Gasteiger partial charge in [0.1, 0.15) is 0 Å². The minimum atomic E-state index is -3.63. The van der Waals surface area contributed by atoms with Crippen LogP contribution in [0.2, 0.25) is 0 Å². The molecule has 2 aliphatic heterocycles. The van der Waals surface area contributed by atoms with E-state index in [9.17, 15) is 13.2 Å². The molecule has 8 heteroatoms. The summed E-state index contributed by atoms with van der Waals surface area (Å²) in [5, 5.41) is 3.54. The zero-order chi connectivity index (χ0) is 17.2. The van der Waals surface area contributed by atoms with Crippen LogP contribution in [-0.4, -0.2) is 50.9 Å². The SMILES string of the molecule is C=CCNS(=O)(=O)c1cccc(C(=O)N2CCC3CCC(C2)N3)c1.Cl. The van der Waals surface area contributed by atoms with Crippen LogP contribution in [0.15, 0.2) is 41.8 Å². The van der Waals surface area contributed by atoms with Crippen LogP contribution in [0.1, 0.15) is 29.6 Å². The van der Waals surface area contributed by atoms with Crippen molar-refractivity contribution >= 4 is 28.3 Å². The van der Waals surface area contributed by atoms with Crippen LogP contribution in [-0.2, 0) is 10.0 Å². The molecular weight excluding hydrogens is 362 g/mol. The summed E-state index contributed by atoms with van der Waals surface area (Å²) in [7, 11) is -3.63. The first-order chi connectivity index (χ1) is 11.5. The maximum absolute atomic E-state index is 12.8. The van der Waals surface area contributed by atoms with Crippen molar-refractivity contribution in [3.05, 3.63) is 42.5 Å². The van der Waals surface area contributed by atoms with Crippen LogP contribution >= 0.6 is 12.4 Å². The van der Waals surface area contributed by atoms with Gasteiger partial charge in [-0.2, -0.15) is 0 Å². The number of benzene rings is 1. The maximum atomic E-state index is 12.8. The molecule has 2 fully saturated rings. The third-order valence-electron chi connectivity index (χ3n) is 4.62. The van der Waals surface area contributed by atoms with Gasteiger partial charge < -0.3 is 10.2 Å². The minimum absolute atomic E-state index is 0. The molecule has 0 saturated carbocycles. The first-order valence-electron chi connectivity index (χ1n) is 8.25. The first kappa shape index (κ1) is 19.9. The number of fused-ring (bicyclic) bond motifs is 2. The summed E-state index contributed by atoms with van der Waals surface area (Å²) in [4.78, 5) is 14.7. The Kier molecular flexibility index (Phi) is 6.62. The number of likely N-dealkylation sites (tertiary alicyclic amines) is 1. The molecule has 0 aliphatic carbocycles. The molecule has 1 amide bonds. The predicted molar refractivity (Wildman–Crippen MR) is 99.5 cm³/mol. The number of hydrogen-bond donors (Lipinski definition) is 2. The lowest BCUT2D eigenvalue weighted by atomic mass is 10.1. The Balaban J connectivity index is 0.00000225. The minimum Gasteiger partial charge on any atom is -0.337 e. The van der Waals surface area contributed by atoms with Gasteiger partial charge in [-0.1, -0.05) is 12.1 Å². The van der Waals surface area contributed by atoms with Gasteiger partial charge in [0.05, 0.1) is 4.90 Å². The third-order valence-corrected chi connectivity index (χ3v) is 6.04. The van der Waals surface area contributed by atoms with E-state index in [0.717, 1.165) is 12.8 Å². The van der Waals surface area contributed by atoms with E-state index in [-0.39, 0.29) is 29.8 Å². The van der Waals surface area contributed by atoms with Gasteiger partial charge >= 0.3 is 0 Å². The second kappa shape index (κ2) is 8.31. The van der Waals surface area contributed by atoms with E-state index >= 15 is 0 Å². The van der Waals surface area contributed by atoms with Gasteiger partial charge in [0.25, 0.3) is 5.91 Å². The number of carbonyl (C=O) groups excluding carboxylic acids is 1. The molecule has 2 N–H and O–H groups in total. The van der Waals surface area contributed by atoms with Crippen LogP contribution in [0.3, 0.4) is 0 Å². The van der Waals surface area contributed by atoms with Gasteiger partial charge in [-0.15, -0.1) is 19.0 Å². The van der Waals surface area contributed by atoms with E-state index in [2.05, 4.69) is 16.6 Å². The van der Waals surface area contributed by atoms with Crippen LogP contribution in [0.25, 0.3) is 0 Å². The van der Waals surface area contributed by atoms with Crippen molar-refractivity contribution in [2.45, 2.75) is 36.2 Å². The largest absolute Gasteiger partial charge is 0.337 e. The molecule has 2 unspecified atom stereocenters. The number of carbonyl (C=O) groups is 1. The van der Waals surface area contributed by atoms with E-state index in [4.69, 9.17) is 0 Å². The second-order valence-electron chi connectivity index (χ2n) is 6.35. The van der Waals surface area contributed by atoms with Crippen LogP contribution in [0.4, 0.5) is 0 Å². The Morgan fingerprint density at radius 2 is 2.08 bits per heavy atom. The molecule has 25 heavy (non-hydrogen) atoms. The van der Waals surface area contributed by atoms with Crippen LogP contribution in [0.5, 0.6) is 0 Å². The summed E-state index contributed by atoms with van der Waals surface area (Å²) in [6.45, 7) is 5.04. The zero-order valence-electron chi connectivity index (χ0n) is 14.0. The number of amides is 1. The molecule has 2 heterocycles. The summed E-state index contributed by atoms with van der Waals surface area (Å²) in [6, 6.07) is 7.08. The van der Waals surface area contributed by atoms with Crippen molar-refractivity contribution in [1.29, 1.82) is 0 Å². The molecular formula is C17H24ClN3O3S. The fourth-order valence-corrected chi connectivity index (χ4v) is 4.40. The number of nitrogens with zero attached hydrogens (tertiary/aromatic N) is 1. The number of nitrogens with one attached hydrogen (secondary N) is 2. The molecule has 2 bridgehead atoms. The highest BCUT2D eigenvalue weighted by atomic mass is 35.5. The molecule has 2 saturated heterocycles. The molecule has 0 aromatic heterocycles. The molecule has 6 nitrogen and oxygen atoms in total. The van der Waals surface area contributed by atoms with E-state index in [1.54, 1.807) is 12.1 Å². The first-order valence-corrected chi connectivity index (χ1v) is 9.74. The summed E-state index contributed by atoms with van der Waals surface area (Å²) >= 11 is 0. The monoisotopic (exact) mass is 385 g/mol. The van der Waals surface area contributed by atoms with E-state index in [0.29, 0.717) is 30.7 Å². The topological polar surface area (TPSA) is 78.5 Å². The van der Waals surface area contributed by atoms with Crippen molar-refractivity contribution in [3.8, 4) is 0 Å². The van der Waals surface area contributed by atoms with E-state index in [1.165, 1.54) is 24.6 Å². The standard InChI is InChI=1S/C17H23N3O3S.ClH/c1-2-9-18-24(22,23)16-5-3-4-13(11-16)17(21)20-10-8-14-6-7-15(12-20)19-14;/h2-5,11,14-15,18-19H,1,6-10,12H2;1H. The average molecular weight is 386 g/mol. The summed E-state index contributed by atoms with van der Waals surface area (Å²) in [5.41, 5.74) is 0.411. The lowest BCUT2D eigenvalue weighted by Crippen LogP contribution is -2.39. The average Bonchev–Trinajstić information content (AvgIpc) is 2.91. The van der Waals surface area contributed by atoms with Crippen LogP contribution in [0, 0.1) is 0 Å². The number of sulfonamides is 1. The van der Waals surface area contributed by atoms with Gasteiger partial charge in [0.2, 0.25) is 10.0 Å². The Morgan fingerprint density at radius 1 is 1.32 bits per heavy atom.